The summed E-state index contributed by atoms with van der Waals surface area (Å²) in [5.41, 5.74) is 4.69. The van der Waals surface area contributed by atoms with Crippen LogP contribution in [0.3, 0.4) is 0 Å². The summed E-state index contributed by atoms with van der Waals surface area (Å²) >= 11 is 5.93. The van der Waals surface area contributed by atoms with Gasteiger partial charge in [-0.1, -0.05) is 31.5 Å². The molecule has 0 aliphatic heterocycles. The summed E-state index contributed by atoms with van der Waals surface area (Å²) in [6.07, 6.45) is 1.26. The molecule has 0 fully saturated rings. The minimum Gasteiger partial charge on any atom is -0.345 e. The van der Waals surface area contributed by atoms with Crippen LogP contribution in [-0.2, 0) is 0 Å². The van der Waals surface area contributed by atoms with Crippen molar-refractivity contribution in [1.29, 1.82) is 0 Å². The minimum atomic E-state index is -0.622. The molecule has 0 aliphatic carbocycles. The number of nitro benzene ring substituents is 1. The van der Waals surface area contributed by atoms with Crippen molar-refractivity contribution in [2.24, 2.45) is 5.73 Å². The molecule has 1 amide bonds. The highest BCUT2D eigenvalue weighted by Crippen LogP contribution is 2.27. The van der Waals surface area contributed by atoms with E-state index in [1.54, 1.807) is 0 Å². The van der Waals surface area contributed by atoms with Gasteiger partial charge in [-0.25, -0.2) is 0 Å². The van der Waals surface area contributed by atoms with Gasteiger partial charge in [0.2, 0.25) is 0 Å². The molecule has 0 aromatic heterocycles. The smallest absolute Gasteiger partial charge is 0.283 e. The van der Waals surface area contributed by atoms with Crippen molar-refractivity contribution in [2.75, 3.05) is 6.54 Å². The fraction of sp³-hybridized carbons (Fsp3) is 0.462. The predicted molar refractivity (Wildman–Crippen MR) is 77.9 cm³/mol. The molecule has 20 heavy (non-hydrogen) atoms. The third-order valence-electron chi connectivity index (χ3n) is 3.54. The van der Waals surface area contributed by atoms with Gasteiger partial charge in [0.05, 0.1) is 15.5 Å². The molecule has 7 heteroatoms. The van der Waals surface area contributed by atoms with Crippen LogP contribution in [0.4, 0.5) is 5.69 Å². The number of nitrogens with two attached hydrogens (primary N) is 1. The number of rotatable bonds is 6. The Morgan fingerprint density at radius 3 is 2.50 bits per heavy atom. The van der Waals surface area contributed by atoms with Crippen LogP contribution in [0.2, 0.25) is 5.02 Å². The molecule has 0 heterocycles. The van der Waals surface area contributed by atoms with E-state index in [0.29, 0.717) is 12.8 Å². The summed E-state index contributed by atoms with van der Waals surface area (Å²) in [4.78, 5) is 22.7. The Kier molecular flexibility index (Phi) is 5.47. The van der Waals surface area contributed by atoms with Crippen LogP contribution in [0.25, 0.3) is 0 Å². The van der Waals surface area contributed by atoms with Crippen LogP contribution >= 0.6 is 11.6 Å². The fourth-order valence-electron chi connectivity index (χ4n) is 1.96. The van der Waals surface area contributed by atoms with Gasteiger partial charge in [-0.2, -0.15) is 0 Å². The molecule has 3 N–H and O–H groups in total. The second-order valence-corrected chi connectivity index (χ2v) is 4.94. The number of benzene rings is 1. The number of hydrogen-bond acceptors (Lipinski definition) is 4. The van der Waals surface area contributed by atoms with Gasteiger partial charge < -0.3 is 11.1 Å². The number of halogens is 1. The third kappa shape index (κ3) is 3.26. The highest BCUT2D eigenvalue weighted by atomic mass is 35.5. The van der Waals surface area contributed by atoms with Gasteiger partial charge in [-0.3, -0.25) is 14.9 Å². The molecule has 1 aromatic carbocycles. The van der Waals surface area contributed by atoms with Gasteiger partial charge in [-0.05, 0) is 18.9 Å². The summed E-state index contributed by atoms with van der Waals surface area (Å²) in [5, 5.41) is 13.8. The summed E-state index contributed by atoms with van der Waals surface area (Å²) in [7, 11) is 0. The number of nitro groups is 1. The normalized spacial score (nSPS) is 11.2. The lowest BCUT2D eigenvalue weighted by Crippen LogP contribution is -2.53. The number of carbonyl (C=O) groups is 1. The van der Waals surface area contributed by atoms with Crippen LogP contribution in [0.1, 0.15) is 37.0 Å². The number of carbonyl (C=O) groups excluding carboxylic acids is 1. The zero-order chi connectivity index (χ0) is 15.3. The Balaban J connectivity index is 3.19. The van der Waals surface area contributed by atoms with Crippen molar-refractivity contribution in [3.05, 3.63) is 38.9 Å². The molecule has 0 unspecified atom stereocenters. The van der Waals surface area contributed by atoms with E-state index in [2.05, 4.69) is 5.32 Å². The first-order valence-corrected chi connectivity index (χ1v) is 6.74. The largest absolute Gasteiger partial charge is 0.345 e. The predicted octanol–water partition coefficient (Wildman–Crippen LogP) is 2.50. The van der Waals surface area contributed by atoms with Gasteiger partial charge >= 0.3 is 0 Å². The van der Waals surface area contributed by atoms with Gasteiger partial charge in [0.15, 0.2) is 0 Å². The van der Waals surface area contributed by atoms with Crippen molar-refractivity contribution >= 4 is 23.2 Å². The molecule has 0 radical (unpaired) electrons. The number of hydrogen-bond donors (Lipinski definition) is 2. The van der Waals surface area contributed by atoms with E-state index >= 15 is 0 Å². The highest BCUT2D eigenvalue weighted by molar-refractivity contribution is 6.34. The molecule has 1 rings (SSSR count). The van der Waals surface area contributed by atoms with E-state index in [0.717, 1.165) is 0 Å². The summed E-state index contributed by atoms with van der Waals surface area (Å²) in [6.45, 7) is 4.05. The van der Waals surface area contributed by atoms with E-state index in [1.807, 2.05) is 13.8 Å². The zero-order valence-electron chi connectivity index (χ0n) is 11.5. The molecule has 1 aromatic rings. The fourth-order valence-corrected chi connectivity index (χ4v) is 2.21. The van der Waals surface area contributed by atoms with E-state index in [-0.39, 0.29) is 22.8 Å². The van der Waals surface area contributed by atoms with Gasteiger partial charge in [0, 0.05) is 12.6 Å². The molecule has 110 valence electrons. The van der Waals surface area contributed by atoms with Crippen molar-refractivity contribution in [1.82, 2.24) is 5.32 Å². The zero-order valence-corrected chi connectivity index (χ0v) is 12.2. The lowest BCUT2D eigenvalue weighted by molar-refractivity contribution is -0.385. The molecule has 0 saturated heterocycles. The average Bonchev–Trinajstić information content (AvgIpc) is 2.44. The lowest BCUT2D eigenvalue weighted by Gasteiger charge is -2.31. The average molecular weight is 300 g/mol. The molecule has 6 nitrogen and oxygen atoms in total. The third-order valence-corrected chi connectivity index (χ3v) is 3.85. The Bertz CT molecular complexity index is 507. The summed E-state index contributed by atoms with van der Waals surface area (Å²) < 4.78 is 0. The van der Waals surface area contributed by atoms with Crippen molar-refractivity contribution in [2.45, 2.75) is 32.2 Å². The second-order valence-electron chi connectivity index (χ2n) is 4.54. The van der Waals surface area contributed by atoms with Crippen molar-refractivity contribution in [3.63, 3.8) is 0 Å². The lowest BCUT2D eigenvalue weighted by atomic mass is 9.92. The standard InChI is InChI=1S/C13H18ClN3O3/c1-3-13(4-2,8-15)16-12(18)11-9(14)6-5-7-10(11)17(19)20/h5-7H,3-4,8,15H2,1-2H3,(H,16,18). The maximum atomic E-state index is 12.3. The maximum Gasteiger partial charge on any atom is 0.283 e. The summed E-state index contributed by atoms with van der Waals surface area (Å²) in [6, 6.07) is 4.14. The van der Waals surface area contributed by atoms with Gasteiger partial charge in [0.1, 0.15) is 5.56 Å². The molecule has 0 saturated carbocycles. The van der Waals surface area contributed by atoms with Gasteiger partial charge in [-0.15, -0.1) is 0 Å². The van der Waals surface area contributed by atoms with E-state index in [9.17, 15) is 14.9 Å². The van der Waals surface area contributed by atoms with Crippen LogP contribution in [-0.4, -0.2) is 22.9 Å². The monoisotopic (exact) mass is 299 g/mol. The van der Waals surface area contributed by atoms with Crippen LogP contribution in [0.15, 0.2) is 18.2 Å². The molecule has 0 aliphatic rings. The van der Waals surface area contributed by atoms with E-state index < -0.39 is 16.4 Å². The molecule has 0 atom stereocenters. The first-order chi connectivity index (χ1) is 9.40. The first kappa shape index (κ1) is 16.4. The number of amides is 1. The molecule has 0 spiro atoms. The topological polar surface area (TPSA) is 98.3 Å². The van der Waals surface area contributed by atoms with Crippen molar-refractivity contribution < 1.29 is 9.72 Å². The number of nitrogens with zero attached hydrogens (tertiary/aromatic N) is 1. The minimum absolute atomic E-state index is 0.0508. The van der Waals surface area contributed by atoms with Crippen molar-refractivity contribution in [3.8, 4) is 0 Å². The maximum absolute atomic E-state index is 12.3. The quantitative estimate of drug-likeness (QED) is 0.623. The highest BCUT2D eigenvalue weighted by Gasteiger charge is 2.31. The molecule has 0 bridgehead atoms. The Labute approximate surface area is 122 Å². The Hall–Kier alpha value is -1.66. The van der Waals surface area contributed by atoms with Crippen LogP contribution in [0.5, 0.6) is 0 Å². The van der Waals surface area contributed by atoms with E-state index in [1.165, 1.54) is 18.2 Å². The Morgan fingerprint density at radius 1 is 1.45 bits per heavy atom. The van der Waals surface area contributed by atoms with Gasteiger partial charge in [0.25, 0.3) is 11.6 Å². The Morgan fingerprint density at radius 2 is 2.05 bits per heavy atom. The van der Waals surface area contributed by atoms with Crippen LogP contribution in [0, 0.1) is 10.1 Å². The molecular weight excluding hydrogens is 282 g/mol. The SMILES string of the molecule is CCC(CC)(CN)NC(=O)c1c(Cl)cccc1[N+](=O)[O-]. The number of nitrogens with one attached hydrogen (secondary N) is 1. The first-order valence-electron chi connectivity index (χ1n) is 6.36. The molecular formula is C13H18ClN3O3. The van der Waals surface area contributed by atoms with E-state index in [4.69, 9.17) is 17.3 Å². The second kappa shape index (κ2) is 6.67. The summed E-state index contributed by atoms with van der Waals surface area (Å²) in [5.74, 6) is -0.573. The van der Waals surface area contributed by atoms with Crippen LogP contribution < -0.4 is 11.1 Å².